The molecule has 1 rings (SSSR count). The molecule has 0 aliphatic heterocycles. The van der Waals surface area contributed by atoms with E-state index in [0.717, 1.165) is 0 Å². The molecule has 1 amide bonds. The van der Waals surface area contributed by atoms with Crippen molar-refractivity contribution in [1.82, 2.24) is 5.53 Å². The van der Waals surface area contributed by atoms with Crippen molar-refractivity contribution in [3.05, 3.63) is 18.2 Å². The molecule has 1 radical (unpaired) electrons. The van der Waals surface area contributed by atoms with Crippen LogP contribution in [0.15, 0.2) is 23.3 Å². The summed E-state index contributed by atoms with van der Waals surface area (Å²) in [5, 5.41) is 15.1. The fraction of sp³-hybridized carbons (Fsp3) is 0.364. The van der Waals surface area contributed by atoms with Gasteiger partial charge in [0.25, 0.3) is 0 Å². The average Bonchev–Trinajstić information content (AvgIpc) is 2.19. The summed E-state index contributed by atoms with van der Waals surface area (Å²) in [5.74, 6) is -0.329. The second kappa shape index (κ2) is 4.30. The molecule has 5 nitrogen and oxygen atoms in total. The van der Waals surface area contributed by atoms with Gasteiger partial charge in [-0.3, -0.25) is 4.79 Å². The van der Waals surface area contributed by atoms with Crippen molar-refractivity contribution in [2.75, 3.05) is 5.32 Å². The third-order valence-electron chi connectivity index (χ3n) is 2.03. The van der Waals surface area contributed by atoms with Crippen molar-refractivity contribution in [3.63, 3.8) is 0 Å². The summed E-state index contributed by atoms with van der Waals surface area (Å²) in [4.78, 5) is 11.6. The number of amides is 1. The predicted molar refractivity (Wildman–Crippen MR) is 60.4 cm³/mol. The van der Waals surface area contributed by atoms with Crippen molar-refractivity contribution in [1.29, 1.82) is 0 Å². The van der Waals surface area contributed by atoms with Crippen LogP contribution in [0.2, 0.25) is 0 Å². The molecule has 0 unspecified atom stereocenters. The van der Waals surface area contributed by atoms with E-state index in [-0.39, 0.29) is 17.3 Å². The molecule has 0 aliphatic carbocycles. The van der Waals surface area contributed by atoms with Crippen LogP contribution >= 0.6 is 0 Å². The first-order chi connectivity index (χ1) is 7.34. The van der Waals surface area contributed by atoms with Gasteiger partial charge in [0.1, 0.15) is 5.75 Å². The second-order valence-corrected chi connectivity index (χ2v) is 4.51. The molecule has 5 heteroatoms. The van der Waals surface area contributed by atoms with E-state index >= 15 is 0 Å². The minimum Gasteiger partial charge on any atom is -0.506 e. The molecular formula is C11H14N3O2. The van der Waals surface area contributed by atoms with E-state index < -0.39 is 5.41 Å². The van der Waals surface area contributed by atoms with Gasteiger partial charge in [0.2, 0.25) is 5.91 Å². The topological polar surface area (TPSA) is 84.0 Å². The Morgan fingerprint density at radius 1 is 1.44 bits per heavy atom. The Kier molecular flexibility index (Phi) is 3.27. The number of nitrogens with one attached hydrogen (secondary N) is 1. The van der Waals surface area contributed by atoms with Crippen LogP contribution in [0.25, 0.3) is 0 Å². The lowest BCUT2D eigenvalue weighted by atomic mass is 9.95. The van der Waals surface area contributed by atoms with Crippen LogP contribution in [0.3, 0.4) is 0 Å². The normalized spacial score (nSPS) is 10.9. The van der Waals surface area contributed by atoms with Crippen molar-refractivity contribution in [2.45, 2.75) is 20.8 Å². The maximum Gasteiger partial charge on any atom is 0.229 e. The molecule has 0 saturated carbocycles. The number of nitrogens with zero attached hydrogens (tertiary/aromatic N) is 2. The minimum atomic E-state index is -0.535. The number of aromatic hydroxyl groups is 1. The molecule has 16 heavy (non-hydrogen) atoms. The van der Waals surface area contributed by atoms with E-state index in [1.807, 2.05) is 0 Å². The third kappa shape index (κ3) is 2.79. The summed E-state index contributed by atoms with van der Waals surface area (Å²) in [6, 6.07) is 4.23. The molecule has 85 valence electrons. The number of carbonyl (C=O) groups excluding carboxylic acids is 1. The van der Waals surface area contributed by atoms with E-state index in [0.29, 0.717) is 5.69 Å². The maximum atomic E-state index is 11.6. The molecule has 0 saturated heterocycles. The molecule has 1 aromatic rings. The highest BCUT2D eigenvalue weighted by Crippen LogP contribution is 2.29. The first-order valence-corrected chi connectivity index (χ1v) is 4.84. The molecule has 0 atom stereocenters. The summed E-state index contributed by atoms with van der Waals surface area (Å²) in [7, 11) is 0. The Morgan fingerprint density at radius 2 is 2.06 bits per heavy atom. The zero-order valence-corrected chi connectivity index (χ0v) is 9.48. The monoisotopic (exact) mass is 220 g/mol. The molecule has 0 heterocycles. The molecule has 0 fully saturated rings. The largest absolute Gasteiger partial charge is 0.506 e. The van der Waals surface area contributed by atoms with Crippen molar-refractivity contribution >= 4 is 17.3 Å². The van der Waals surface area contributed by atoms with Gasteiger partial charge in [-0.2, -0.15) is 0 Å². The van der Waals surface area contributed by atoms with Gasteiger partial charge in [-0.05, 0) is 17.7 Å². The number of phenolic OH excluding ortho intramolecular Hbond substituents is 1. The summed E-state index contributed by atoms with van der Waals surface area (Å²) in [6.45, 7) is 5.32. The van der Waals surface area contributed by atoms with Crippen LogP contribution < -0.4 is 10.8 Å². The van der Waals surface area contributed by atoms with E-state index in [9.17, 15) is 9.90 Å². The Morgan fingerprint density at radius 3 is 2.50 bits per heavy atom. The highest BCUT2D eigenvalue weighted by molar-refractivity contribution is 5.95. The van der Waals surface area contributed by atoms with Crippen molar-refractivity contribution < 1.29 is 9.90 Å². The van der Waals surface area contributed by atoms with Crippen LogP contribution in [0.1, 0.15) is 20.8 Å². The SMILES string of the molecule is CC(C)(C)C(=O)Nc1ccc(N=[N])cc1O. The van der Waals surface area contributed by atoms with Crippen molar-refractivity contribution in [2.24, 2.45) is 10.5 Å². The highest BCUT2D eigenvalue weighted by atomic mass is 16.3. The fourth-order valence-corrected chi connectivity index (χ4v) is 0.998. The van der Waals surface area contributed by atoms with E-state index in [1.165, 1.54) is 18.2 Å². The first kappa shape index (κ1) is 12.2. The number of benzene rings is 1. The van der Waals surface area contributed by atoms with E-state index in [1.54, 1.807) is 20.8 Å². The highest BCUT2D eigenvalue weighted by Gasteiger charge is 2.22. The van der Waals surface area contributed by atoms with Crippen LogP contribution in [0.4, 0.5) is 11.4 Å². The van der Waals surface area contributed by atoms with Gasteiger partial charge in [0, 0.05) is 11.5 Å². The lowest BCUT2D eigenvalue weighted by Gasteiger charge is -2.18. The van der Waals surface area contributed by atoms with Gasteiger partial charge >= 0.3 is 0 Å². The second-order valence-electron chi connectivity index (χ2n) is 4.51. The van der Waals surface area contributed by atoms with Crippen LogP contribution in [-0.4, -0.2) is 11.0 Å². The van der Waals surface area contributed by atoms with Gasteiger partial charge in [-0.25, -0.2) is 0 Å². The minimum absolute atomic E-state index is 0.132. The molecule has 0 aliphatic rings. The van der Waals surface area contributed by atoms with Crippen LogP contribution in [0, 0.1) is 5.41 Å². The zero-order chi connectivity index (χ0) is 12.3. The zero-order valence-electron chi connectivity index (χ0n) is 9.48. The standard InChI is InChI=1S/C11H14N3O2/c1-11(2,3)10(16)13-8-5-4-7(14-12)6-9(8)15/h4-6,15H,1-3H3,(H,13,16). The number of anilines is 1. The average molecular weight is 220 g/mol. The number of rotatable bonds is 2. The number of carbonyl (C=O) groups is 1. The van der Waals surface area contributed by atoms with E-state index in [2.05, 4.69) is 10.4 Å². The molecular weight excluding hydrogens is 206 g/mol. The lowest BCUT2D eigenvalue weighted by Crippen LogP contribution is -2.27. The lowest BCUT2D eigenvalue weighted by molar-refractivity contribution is -0.123. The van der Waals surface area contributed by atoms with Crippen LogP contribution in [-0.2, 0) is 4.79 Å². The molecule has 0 aromatic heterocycles. The molecule has 0 bridgehead atoms. The predicted octanol–water partition coefficient (Wildman–Crippen LogP) is 2.26. The Bertz CT molecular complexity index is 422. The van der Waals surface area contributed by atoms with Crippen molar-refractivity contribution in [3.8, 4) is 5.75 Å². The van der Waals surface area contributed by atoms with Gasteiger partial charge in [0.15, 0.2) is 0 Å². The summed E-state index contributed by atoms with van der Waals surface area (Å²) >= 11 is 0. The first-order valence-electron chi connectivity index (χ1n) is 4.84. The Labute approximate surface area is 94.0 Å². The smallest absolute Gasteiger partial charge is 0.229 e. The Hall–Kier alpha value is -1.91. The Balaban J connectivity index is 2.91. The maximum absolute atomic E-state index is 11.6. The number of hydrogen-bond donors (Lipinski definition) is 2. The summed E-state index contributed by atoms with van der Waals surface area (Å²) in [5.41, 5.74) is 8.48. The van der Waals surface area contributed by atoms with E-state index in [4.69, 9.17) is 5.53 Å². The number of phenols is 1. The summed E-state index contributed by atoms with van der Waals surface area (Å²) in [6.07, 6.45) is 0. The molecule has 0 spiro atoms. The number of hydrogen-bond acceptors (Lipinski definition) is 3. The molecule has 1 aromatic carbocycles. The van der Waals surface area contributed by atoms with Gasteiger partial charge < -0.3 is 10.4 Å². The quantitative estimate of drug-likeness (QED) is 0.591. The summed E-state index contributed by atoms with van der Waals surface area (Å²) < 4.78 is 0. The van der Waals surface area contributed by atoms with Gasteiger partial charge in [-0.15, -0.1) is 5.11 Å². The molecule has 2 N–H and O–H groups in total. The van der Waals surface area contributed by atoms with Gasteiger partial charge in [-0.1, -0.05) is 20.8 Å². The third-order valence-corrected chi connectivity index (χ3v) is 2.03. The fourth-order valence-electron chi connectivity index (χ4n) is 0.998. The van der Waals surface area contributed by atoms with Crippen LogP contribution in [0.5, 0.6) is 5.75 Å². The van der Waals surface area contributed by atoms with Gasteiger partial charge in [0.05, 0.1) is 11.4 Å².